The highest BCUT2D eigenvalue weighted by atomic mass is 35.5. The average molecular weight is 399 g/mol. The Hall–Kier alpha value is -2.12. The van der Waals surface area contributed by atoms with Crippen molar-refractivity contribution in [1.82, 2.24) is 0 Å². The van der Waals surface area contributed by atoms with E-state index in [1.165, 1.54) is 24.3 Å². The minimum atomic E-state index is -3.63. The number of aryl methyl sites for hydroxylation is 2. The highest BCUT2D eigenvalue weighted by Gasteiger charge is 2.23. The molecule has 0 radical (unpaired) electrons. The van der Waals surface area contributed by atoms with Gasteiger partial charge in [0.15, 0.2) is 0 Å². The maximum absolute atomic E-state index is 12.9. The maximum Gasteiger partial charge on any atom is 0.232 e. The summed E-state index contributed by atoms with van der Waals surface area (Å²) >= 11 is 6.25. The third kappa shape index (κ3) is 5.19. The number of benzene rings is 2. The van der Waals surface area contributed by atoms with E-state index in [1.807, 2.05) is 13.0 Å². The molecular weight excluding hydrogens is 379 g/mol. The van der Waals surface area contributed by atoms with Gasteiger partial charge >= 0.3 is 0 Å². The fraction of sp³-hybridized carbons (Fsp3) is 0.278. The number of hydrogen-bond donors (Lipinski definition) is 1. The predicted octanol–water partition coefficient (Wildman–Crippen LogP) is 3.89. The largest absolute Gasteiger partial charge is 0.326 e. The third-order valence-corrected chi connectivity index (χ3v) is 5.17. The molecule has 0 aliphatic rings. The molecule has 0 saturated carbocycles. The smallest absolute Gasteiger partial charge is 0.232 e. The molecule has 0 heterocycles. The van der Waals surface area contributed by atoms with Crippen molar-refractivity contribution in [1.29, 1.82) is 0 Å². The van der Waals surface area contributed by atoms with Crippen LogP contribution in [0.3, 0.4) is 0 Å². The van der Waals surface area contributed by atoms with Gasteiger partial charge in [0.25, 0.3) is 0 Å². The van der Waals surface area contributed by atoms with Gasteiger partial charge in [-0.15, -0.1) is 0 Å². The van der Waals surface area contributed by atoms with Gasteiger partial charge in [-0.05, 0) is 55.3 Å². The SMILES string of the molecule is Cc1cc(C)c(N(CCC(=O)Nc2ccc(F)cc2)S(C)(=O)=O)c(Cl)c1. The maximum atomic E-state index is 12.9. The Kier molecular flexibility index (Phi) is 6.26. The number of sulfonamides is 1. The van der Waals surface area contributed by atoms with Gasteiger partial charge in [0.2, 0.25) is 15.9 Å². The van der Waals surface area contributed by atoms with E-state index in [1.54, 1.807) is 13.0 Å². The van der Waals surface area contributed by atoms with Crippen molar-refractivity contribution >= 4 is 38.9 Å². The number of nitrogens with zero attached hydrogens (tertiary/aromatic N) is 1. The lowest BCUT2D eigenvalue weighted by molar-refractivity contribution is -0.116. The molecule has 1 N–H and O–H groups in total. The van der Waals surface area contributed by atoms with E-state index in [-0.39, 0.29) is 18.9 Å². The number of nitrogens with one attached hydrogen (secondary N) is 1. The third-order valence-electron chi connectivity index (χ3n) is 3.72. The number of anilines is 2. The van der Waals surface area contributed by atoms with Crippen LogP contribution in [0.2, 0.25) is 5.02 Å². The fourth-order valence-electron chi connectivity index (χ4n) is 2.63. The summed E-state index contributed by atoms with van der Waals surface area (Å²) in [7, 11) is -3.63. The van der Waals surface area contributed by atoms with E-state index in [9.17, 15) is 17.6 Å². The monoisotopic (exact) mass is 398 g/mol. The van der Waals surface area contributed by atoms with Crippen molar-refractivity contribution < 1.29 is 17.6 Å². The zero-order valence-electron chi connectivity index (χ0n) is 14.7. The van der Waals surface area contributed by atoms with Gasteiger partial charge in [-0.2, -0.15) is 0 Å². The Labute approximate surface area is 157 Å². The van der Waals surface area contributed by atoms with Crippen LogP contribution in [-0.2, 0) is 14.8 Å². The molecule has 0 saturated heterocycles. The first kappa shape index (κ1) is 20.2. The van der Waals surface area contributed by atoms with E-state index in [4.69, 9.17) is 11.6 Å². The Morgan fingerprint density at radius 2 is 1.81 bits per heavy atom. The summed E-state index contributed by atoms with van der Waals surface area (Å²) < 4.78 is 38.5. The topological polar surface area (TPSA) is 66.5 Å². The van der Waals surface area contributed by atoms with Crippen molar-refractivity contribution in [2.24, 2.45) is 0 Å². The molecule has 0 unspecified atom stereocenters. The van der Waals surface area contributed by atoms with Gasteiger partial charge in [0, 0.05) is 18.7 Å². The molecule has 26 heavy (non-hydrogen) atoms. The summed E-state index contributed by atoms with van der Waals surface area (Å²) in [5.74, 6) is -0.790. The molecule has 0 spiro atoms. The Morgan fingerprint density at radius 1 is 1.19 bits per heavy atom. The zero-order valence-corrected chi connectivity index (χ0v) is 16.3. The van der Waals surface area contributed by atoms with Crippen LogP contribution >= 0.6 is 11.6 Å². The molecular formula is C18H20ClFN2O3S. The quantitative estimate of drug-likeness (QED) is 0.802. The summed E-state index contributed by atoms with van der Waals surface area (Å²) in [5, 5.41) is 2.92. The van der Waals surface area contributed by atoms with Gasteiger partial charge in [0.1, 0.15) is 5.82 Å². The van der Waals surface area contributed by atoms with E-state index in [0.717, 1.165) is 16.1 Å². The molecule has 0 aliphatic heterocycles. The van der Waals surface area contributed by atoms with Crippen LogP contribution in [0, 0.1) is 19.7 Å². The van der Waals surface area contributed by atoms with Crippen LogP contribution in [0.25, 0.3) is 0 Å². The molecule has 8 heteroatoms. The fourth-order valence-corrected chi connectivity index (χ4v) is 4.10. The van der Waals surface area contributed by atoms with E-state index < -0.39 is 15.8 Å². The van der Waals surface area contributed by atoms with Gasteiger partial charge in [-0.1, -0.05) is 17.7 Å². The average Bonchev–Trinajstić information content (AvgIpc) is 2.50. The lowest BCUT2D eigenvalue weighted by Crippen LogP contribution is -2.33. The number of amides is 1. The normalized spacial score (nSPS) is 11.3. The van der Waals surface area contributed by atoms with Crippen molar-refractivity contribution in [2.45, 2.75) is 20.3 Å². The number of hydrogen-bond acceptors (Lipinski definition) is 3. The number of halogens is 2. The Morgan fingerprint density at radius 3 is 2.35 bits per heavy atom. The molecule has 140 valence electrons. The molecule has 5 nitrogen and oxygen atoms in total. The van der Waals surface area contributed by atoms with Crippen molar-refractivity contribution in [2.75, 3.05) is 22.4 Å². The summed E-state index contributed by atoms with van der Waals surface area (Å²) in [6.07, 6.45) is 0.995. The molecule has 2 rings (SSSR count). The first-order valence-corrected chi connectivity index (χ1v) is 10.1. The minimum Gasteiger partial charge on any atom is -0.326 e. The summed E-state index contributed by atoms with van der Waals surface area (Å²) in [4.78, 5) is 12.1. The first-order valence-electron chi connectivity index (χ1n) is 7.88. The minimum absolute atomic E-state index is 0.0600. The predicted molar refractivity (Wildman–Crippen MR) is 103 cm³/mol. The van der Waals surface area contributed by atoms with Crippen LogP contribution in [0.5, 0.6) is 0 Å². The highest BCUT2D eigenvalue weighted by molar-refractivity contribution is 7.92. The lowest BCUT2D eigenvalue weighted by atomic mass is 10.1. The van der Waals surface area contributed by atoms with Crippen LogP contribution in [-0.4, -0.2) is 27.1 Å². The molecule has 1 amide bonds. The van der Waals surface area contributed by atoms with E-state index in [0.29, 0.717) is 22.0 Å². The molecule has 0 bridgehead atoms. The van der Waals surface area contributed by atoms with Gasteiger partial charge in [-0.3, -0.25) is 9.10 Å². The summed E-state index contributed by atoms with van der Waals surface area (Å²) in [6.45, 7) is 3.57. The van der Waals surface area contributed by atoms with Crippen LogP contribution < -0.4 is 9.62 Å². The zero-order chi connectivity index (χ0) is 19.5. The summed E-state index contributed by atoms with van der Waals surface area (Å²) in [5.41, 5.74) is 2.43. The molecule has 0 atom stereocenters. The number of rotatable bonds is 6. The standard InChI is InChI=1S/C18H20ClFN2O3S/c1-12-10-13(2)18(16(19)11-12)22(26(3,24)25)9-8-17(23)21-15-6-4-14(20)5-7-15/h4-7,10-11H,8-9H2,1-3H3,(H,21,23). The van der Waals surface area contributed by atoms with Crippen LogP contribution in [0.4, 0.5) is 15.8 Å². The van der Waals surface area contributed by atoms with Gasteiger partial charge < -0.3 is 5.32 Å². The van der Waals surface area contributed by atoms with Crippen molar-refractivity contribution in [3.63, 3.8) is 0 Å². The molecule has 2 aromatic rings. The second kappa shape index (κ2) is 8.05. The Bertz CT molecular complexity index is 892. The Balaban J connectivity index is 2.17. The van der Waals surface area contributed by atoms with Crippen molar-refractivity contribution in [3.05, 3.63) is 58.4 Å². The molecule has 0 aliphatic carbocycles. The highest BCUT2D eigenvalue weighted by Crippen LogP contribution is 2.32. The second-order valence-electron chi connectivity index (χ2n) is 6.05. The molecule has 0 aromatic heterocycles. The summed E-state index contributed by atoms with van der Waals surface area (Å²) in [6, 6.07) is 8.84. The van der Waals surface area contributed by atoms with Gasteiger partial charge in [-0.25, -0.2) is 12.8 Å². The van der Waals surface area contributed by atoms with Crippen LogP contribution in [0.15, 0.2) is 36.4 Å². The number of carbonyl (C=O) groups excluding carboxylic acids is 1. The molecule has 2 aromatic carbocycles. The number of carbonyl (C=O) groups is 1. The van der Waals surface area contributed by atoms with Crippen molar-refractivity contribution in [3.8, 4) is 0 Å². The van der Waals surface area contributed by atoms with E-state index >= 15 is 0 Å². The van der Waals surface area contributed by atoms with Crippen LogP contribution in [0.1, 0.15) is 17.5 Å². The molecule has 0 fully saturated rings. The second-order valence-corrected chi connectivity index (χ2v) is 8.37. The van der Waals surface area contributed by atoms with E-state index in [2.05, 4.69) is 5.32 Å². The lowest BCUT2D eigenvalue weighted by Gasteiger charge is -2.25. The first-order chi connectivity index (χ1) is 12.1. The van der Waals surface area contributed by atoms with Gasteiger partial charge in [0.05, 0.1) is 17.0 Å².